The number of aliphatic hydroxyl groups is 1. The fourth-order valence-corrected chi connectivity index (χ4v) is 2.22. The summed E-state index contributed by atoms with van der Waals surface area (Å²) in [6.07, 6.45) is 4.21. The molecular formula is C14H30O3. The minimum absolute atomic E-state index is 0.174. The predicted molar refractivity (Wildman–Crippen MR) is 70.9 cm³/mol. The van der Waals surface area contributed by atoms with Gasteiger partial charge >= 0.3 is 0 Å². The van der Waals surface area contributed by atoms with E-state index in [0.717, 1.165) is 19.4 Å². The molecule has 0 aromatic carbocycles. The second kappa shape index (κ2) is 11.0. The molecule has 0 fully saturated rings. The number of aliphatic hydroxyl groups excluding tert-OH is 1. The van der Waals surface area contributed by atoms with Crippen molar-refractivity contribution in [1.82, 2.24) is 0 Å². The van der Waals surface area contributed by atoms with Gasteiger partial charge in [-0.05, 0) is 51.4 Å². The quantitative estimate of drug-likeness (QED) is 0.449. The molecule has 1 N–H and O–H groups in total. The molecule has 3 nitrogen and oxygen atoms in total. The molecule has 0 aliphatic heterocycles. The molecule has 0 rings (SSSR count). The van der Waals surface area contributed by atoms with Gasteiger partial charge in [0.1, 0.15) is 6.79 Å². The van der Waals surface area contributed by atoms with Crippen molar-refractivity contribution >= 4 is 0 Å². The van der Waals surface area contributed by atoms with E-state index in [4.69, 9.17) is 9.47 Å². The van der Waals surface area contributed by atoms with E-state index >= 15 is 0 Å². The molecule has 0 aromatic heterocycles. The fourth-order valence-electron chi connectivity index (χ4n) is 2.22. The molecule has 0 heterocycles. The van der Waals surface area contributed by atoms with Crippen molar-refractivity contribution in [3.8, 4) is 0 Å². The van der Waals surface area contributed by atoms with E-state index in [1.165, 1.54) is 12.8 Å². The Morgan fingerprint density at radius 2 is 1.71 bits per heavy atom. The molecule has 3 unspecified atom stereocenters. The third-order valence-corrected chi connectivity index (χ3v) is 2.90. The molecule has 0 aromatic rings. The van der Waals surface area contributed by atoms with E-state index in [0.29, 0.717) is 25.2 Å². The lowest BCUT2D eigenvalue weighted by molar-refractivity contribution is -0.0508. The Balaban J connectivity index is 3.36. The minimum Gasteiger partial charge on any atom is -0.393 e. The SMILES string of the molecule is CCOCOCCCC(C)CC(C)CC(C)O. The zero-order valence-electron chi connectivity index (χ0n) is 11.9. The molecule has 104 valence electrons. The Morgan fingerprint density at radius 3 is 2.29 bits per heavy atom. The van der Waals surface area contributed by atoms with Crippen LogP contribution in [0.4, 0.5) is 0 Å². The average molecular weight is 246 g/mol. The summed E-state index contributed by atoms with van der Waals surface area (Å²) in [6, 6.07) is 0. The van der Waals surface area contributed by atoms with Gasteiger partial charge in [0.05, 0.1) is 6.10 Å². The molecule has 17 heavy (non-hydrogen) atoms. The van der Waals surface area contributed by atoms with Gasteiger partial charge in [-0.3, -0.25) is 0 Å². The van der Waals surface area contributed by atoms with Crippen molar-refractivity contribution in [1.29, 1.82) is 0 Å². The van der Waals surface area contributed by atoms with Crippen LogP contribution in [0.1, 0.15) is 53.4 Å². The summed E-state index contributed by atoms with van der Waals surface area (Å²) in [5, 5.41) is 9.30. The van der Waals surface area contributed by atoms with E-state index in [9.17, 15) is 5.11 Å². The second-order valence-electron chi connectivity index (χ2n) is 5.19. The summed E-state index contributed by atoms with van der Waals surface area (Å²) < 4.78 is 10.4. The monoisotopic (exact) mass is 246 g/mol. The summed E-state index contributed by atoms with van der Waals surface area (Å²) in [7, 11) is 0. The molecule has 0 amide bonds. The van der Waals surface area contributed by atoms with Crippen LogP contribution in [0.5, 0.6) is 0 Å². The largest absolute Gasteiger partial charge is 0.393 e. The number of rotatable bonds is 11. The summed E-state index contributed by atoms with van der Waals surface area (Å²) in [5.74, 6) is 1.31. The summed E-state index contributed by atoms with van der Waals surface area (Å²) in [6.45, 7) is 10.2. The molecule has 0 saturated heterocycles. The molecule has 3 heteroatoms. The Morgan fingerprint density at radius 1 is 1.00 bits per heavy atom. The van der Waals surface area contributed by atoms with Crippen molar-refractivity contribution in [3.05, 3.63) is 0 Å². The van der Waals surface area contributed by atoms with Gasteiger partial charge in [-0.15, -0.1) is 0 Å². The van der Waals surface area contributed by atoms with E-state index in [-0.39, 0.29) is 6.10 Å². The molecule has 3 atom stereocenters. The maximum atomic E-state index is 9.30. The molecule has 0 spiro atoms. The Labute approximate surface area is 107 Å². The predicted octanol–water partition coefficient (Wildman–Crippen LogP) is 3.21. The van der Waals surface area contributed by atoms with E-state index in [1.807, 2.05) is 13.8 Å². The van der Waals surface area contributed by atoms with Gasteiger partial charge in [0, 0.05) is 13.2 Å². The van der Waals surface area contributed by atoms with E-state index < -0.39 is 0 Å². The Bertz CT molecular complexity index is 160. The topological polar surface area (TPSA) is 38.7 Å². The fraction of sp³-hybridized carbons (Fsp3) is 1.00. The first-order valence-corrected chi connectivity index (χ1v) is 6.89. The Kier molecular flexibility index (Phi) is 10.9. The van der Waals surface area contributed by atoms with Crippen molar-refractivity contribution in [2.45, 2.75) is 59.5 Å². The van der Waals surface area contributed by atoms with Crippen LogP contribution in [0.15, 0.2) is 0 Å². The van der Waals surface area contributed by atoms with E-state index in [2.05, 4.69) is 13.8 Å². The van der Waals surface area contributed by atoms with Gasteiger partial charge in [0.25, 0.3) is 0 Å². The smallest absolute Gasteiger partial charge is 0.146 e. The number of ether oxygens (including phenoxy) is 2. The van der Waals surface area contributed by atoms with Crippen LogP contribution in [0.3, 0.4) is 0 Å². The first kappa shape index (κ1) is 16.9. The van der Waals surface area contributed by atoms with Gasteiger partial charge < -0.3 is 14.6 Å². The lowest BCUT2D eigenvalue weighted by Crippen LogP contribution is -2.11. The third kappa shape index (κ3) is 12.1. The molecular weight excluding hydrogens is 216 g/mol. The molecule has 0 radical (unpaired) electrons. The maximum Gasteiger partial charge on any atom is 0.146 e. The van der Waals surface area contributed by atoms with Crippen molar-refractivity contribution in [2.24, 2.45) is 11.8 Å². The molecule has 0 aliphatic carbocycles. The average Bonchev–Trinajstić information content (AvgIpc) is 2.21. The highest BCUT2D eigenvalue weighted by Crippen LogP contribution is 2.20. The van der Waals surface area contributed by atoms with Crippen LogP contribution >= 0.6 is 0 Å². The van der Waals surface area contributed by atoms with E-state index in [1.54, 1.807) is 0 Å². The lowest BCUT2D eigenvalue weighted by atomic mass is 9.90. The van der Waals surface area contributed by atoms with Crippen LogP contribution in [0.2, 0.25) is 0 Å². The van der Waals surface area contributed by atoms with Gasteiger partial charge in [-0.2, -0.15) is 0 Å². The highest BCUT2D eigenvalue weighted by Gasteiger charge is 2.10. The zero-order valence-corrected chi connectivity index (χ0v) is 11.9. The lowest BCUT2D eigenvalue weighted by Gasteiger charge is -2.18. The first-order valence-electron chi connectivity index (χ1n) is 6.89. The minimum atomic E-state index is -0.174. The number of hydrogen-bond donors (Lipinski definition) is 1. The molecule has 0 aliphatic rings. The first-order chi connectivity index (χ1) is 8.06. The van der Waals surface area contributed by atoms with Crippen molar-refractivity contribution in [3.63, 3.8) is 0 Å². The van der Waals surface area contributed by atoms with Gasteiger partial charge in [-0.25, -0.2) is 0 Å². The van der Waals surface area contributed by atoms with Crippen LogP contribution in [-0.4, -0.2) is 31.2 Å². The summed E-state index contributed by atoms with van der Waals surface area (Å²) >= 11 is 0. The van der Waals surface area contributed by atoms with Crippen molar-refractivity contribution in [2.75, 3.05) is 20.0 Å². The molecule has 0 bridgehead atoms. The van der Waals surface area contributed by atoms with Gasteiger partial charge in [0.2, 0.25) is 0 Å². The second-order valence-corrected chi connectivity index (χ2v) is 5.19. The highest BCUT2D eigenvalue weighted by atomic mass is 16.7. The summed E-state index contributed by atoms with van der Waals surface area (Å²) in [5.41, 5.74) is 0. The van der Waals surface area contributed by atoms with Crippen LogP contribution in [-0.2, 0) is 9.47 Å². The standard InChI is InChI=1S/C14H30O3/c1-5-16-11-17-8-6-7-12(2)9-13(3)10-14(4)15/h12-15H,5-11H2,1-4H3. The molecule has 0 saturated carbocycles. The van der Waals surface area contributed by atoms with Crippen LogP contribution < -0.4 is 0 Å². The van der Waals surface area contributed by atoms with Gasteiger partial charge in [0.15, 0.2) is 0 Å². The Hall–Kier alpha value is -0.120. The zero-order chi connectivity index (χ0) is 13.1. The normalized spacial score (nSPS) is 16.8. The summed E-state index contributed by atoms with van der Waals surface area (Å²) in [4.78, 5) is 0. The van der Waals surface area contributed by atoms with Crippen LogP contribution in [0.25, 0.3) is 0 Å². The van der Waals surface area contributed by atoms with Crippen LogP contribution in [0, 0.1) is 11.8 Å². The third-order valence-electron chi connectivity index (χ3n) is 2.90. The van der Waals surface area contributed by atoms with Crippen molar-refractivity contribution < 1.29 is 14.6 Å². The maximum absolute atomic E-state index is 9.30. The highest BCUT2D eigenvalue weighted by molar-refractivity contribution is 4.62. The number of hydrogen-bond acceptors (Lipinski definition) is 3. The van der Waals surface area contributed by atoms with Gasteiger partial charge in [-0.1, -0.05) is 13.8 Å².